The van der Waals surface area contributed by atoms with E-state index in [1.165, 1.54) is 24.2 Å². The lowest BCUT2D eigenvalue weighted by Crippen LogP contribution is -2.42. The van der Waals surface area contributed by atoms with Gasteiger partial charge < -0.3 is 5.32 Å². The van der Waals surface area contributed by atoms with Crippen LogP contribution in [0.15, 0.2) is 17.5 Å². The van der Waals surface area contributed by atoms with Gasteiger partial charge in [-0.25, -0.2) is 0 Å². The van der Waals surface area contributed by atoms with Crippen LogP contribution >= 0.6 is 22.9 Å². The average Bonchev–Trinajstić information content (AvgIpc) is 2.74. The molecule has 0 spiro atoms. The van der Waals surface area contributed by atoms with Crippen molar-refractivity contribution in [3.8, 4) is 0 Å². The van der Waals surface area contributed by atoms with Gasteiger partial charge in [0.25, 0.3) is 5.91 Å². The van der Waals surface area contributed by atoms with Gasteiger partial charge in [0.05, 0.1) is 10.3 Å². The number of hydrogen-bond acceptors (Lipinski definition) is 2. The molecule has 15 heavy (non-hydrogen) atoms. The first-order valence-corrected chi connectivity index (χ1v) is 6.57. The SMILES string of the molecule is O=C(NC1CCCCC1Cl)c1cccs1. The molecule has 2 unspecified atom stereocenters. The Morgan fingerprint density at radius 1 is 1.47 bits per heavy atom. The molecule has 0 aliphatic heterocycles. The normalized spacial score (nSPS) is 26.2. The Morgan fingerprint density at radius 2 is 2.27 bits per heavy atom. The summed E-state index contributed by atoms with van der Waals surface area (Å²) in [6, 6.07) is 3.88. The first-order chi connectivity index (χ1) is 7.27. The van der Waals surface area contributed by atoms with E-state index < -0.39 is 0 Å². The molecule has 1 heterocycles. The molecule has 1 aliphatic rings. The minimum Gasteiger partial charge on any atom is -0.347 e. The summed E-state index contributed by atoms with van der Waals surface area (Å²) in [4.78, 5) is 12.5. The first-order valence-electron chi connectivity index (χ1n) is 5.26. The maximum atomic E-state index is 11.8. The summed E-state index contributed by atoms with van der Waals surface area (Å²) < 4.78 is 0. The van der Waals surface area contributed by atoms with E-state index in [1.807, 2.05) is 17.5 Å². The fourth-order valence-corrected chi connectivity index (χ4v) is 2.87. The Bertz CT molecular complexity index is 325. The molecule has 82 valence electrons. The maximum absolute atomic E-state index is 11.8. The summed E-state index contributed by atoms with van der Waals surface area (Å²) in [7, 11) is 0. The van der Waals surface area contributed by atoms with Gasteiger partial charge in [0, 0.05) is 6.04 Å². The summed E-state index contributed by atoms with van der Waals surface area (Å²) in [5, 5.41) is 5.02. The zero-order valence-corrected chi connectivity index (χ0v) is 9.98. The minimum absolute atomic E-state index is 0.0163. The lowest BCUT2D eigenvalue weighted by Gasteiger charge is -2.27. The van der Waals surface area contributed by atoms with Crippen molar-refractivity contribution in [3.63, 3.8) is 0 Å². The Balaban J connectivity index is 1.93. The second-order valence-corrected chi connectivity index (χ2v) is 5.37. The van der Waals surface area contributed by atoms with E-state index in [9.17, 15) is 4.79 Å². The number of halogens is 1. The summed E-state index contributed by atoms with van der Waals surface area (Å²) in [6.07, 6.45) is 4.36. The molecule has 0 radical (unpaired) electrons. The van der Waals surface area contributed by atoms with Gasteiger partial charge in [0.2, 0.25) is 0 Å². The third-order valence-corrected chi connectivity index (χ3v) is 4.13. The molecule has 0 aromatic carbocycles. The van der Waals surface area contributed by atoms with Crippen LogP contribution in [0.3, 0.4) is 0 Å². The Kier molecular flexibility index (Phi) is 3.65. The Morgan fingerprint density at radius 3 is 2.93 bits per heavy atom. The van der Waals surface area contributed by atoms with E-state index in [1.54, 1.807) is 0 Å². The lowest BCUT2D eigenvalue weighted by molar-refractivity contribution is 0.0933. The van der Waals surface area contributed by atoms with Gasteiger partial charge in [0.1, 0.15) is 0 Å². The van der Waals surface area contributed by atoms with Gasteiger partial charge in [-0.1, -0.05) is 18.9 Å². The zero-order valence-electron chi connectivity index (χ0n) is 8.41. The van der Waals surface area contributed by atoms with Crippen LogP contribution in [0.4, 0.5) is 0 Å². The topological polar surface area (TPSA) is 29.1 Å². The van der Waals surface area contributed by atoms with Gasteiger partial charge in [-0.2, -0.15) is 0 Å². The molecule has 1 aromatic rings. The first kappa shape index (κ1) is 11.0. The molecule has 1 saturated carbocycles. The lowest BCUT2D eigenvalue weighted by atomic mass is 9.95. The van der Waals surface area contributed by atoms with Crippen LogP contribution in [0.2, 0.25) is 0 Å². The highest BCUT2D eigenvalue weighted by molar-refractivity contribution is 7.12. The molecule has 1 N–H and O–H groups in total. The zero-order chi connectivity index (χ0) is 10.7. The van der Waals surface area contributed by atoms with E-state index in [2.05, 4.69) is 5.32 Å². The summed E-state index contributed by atoms with van der Waals surface area (Å²) in [6.45, 7) is 0. The third kappa shape index (κ3) is 2.73. The van der Waals surface area contributed by atoms with E-state index in [-0.39, 0.29) is 17.3 Å². The molecule has 0 bridgehead atoms. The predicted molar refractivity (Wildman–Crippen MR) is 63.7 cm³/mol. The summed E-state index contributed by atoms with van der Waals surface area (Å²) in [5.41, 5.74) is 0. The van der Waals surface area contributed by atoms with Crippen molar-refractivity contribution in [2.45, 2.75) is 37.1 Å². The van der Waals surface area contributed by atoms with Crippen molar-refractivity contribution in [2.24, 2.45) is 0 Å². The van der Waals surface area contributed by atoms with Crippen molar-refractivity contribution in [3.05, 3.63) is 22.4 Å². The maximum Gasteiger partial charge on any atom is 0.261 e. The van der Waals surface area contributed by atoms with Gasteiger partial charge in [-0.05, 0) is 24.3 Å². The minimum atomic E-state index is 0.0163. The fourth-order valence-electron chi connectivity index (χ4n) is 1.90. The van der Waals surface area contributed by atoms with Crippen molar-refractivity contribution in [1.29, 1.82) is 0 Å². The molecule has 0 saturated heterocycles. The van der Waals surface area contributed by atoms with Gasteiger partial charge >= 0.3 is 0 Å². The van der Waals surface area contributed by atoms with Gasteiger partial charge in [-0.3, -0.25) is 4.79 Å². The van der Waals surface area contributed by atoms with E-state index in [0.29, 0.717) is 0 Å². The Hall–Kier alpha value is -0.540. The third-order valence-electron chi connectivity index (χ3n) is 2.74. The molecular formula is C11H14ClNOS. The number of nitrogens with one attached hydrogen (secondary N) is 1. The highest BCUT2D eigenvalue weighted by Gasteiger charge is 2.24. The predicted octanol–water partition coefficient (Wildman–Crippen LogP) is 3.03. The van der Waals surface area contributed by atoms with E-state index in [0.717, 1.165) is 17.7 Å². The highest BCUT2D eigenvalue weighted by Crippen LogP contribution is 2.23. The van der Waals surface area contributed by atoms with Crippen LogP contribution in [-0.2, 0) is 0 Å². The highest BCUT2D eigenvalue weighted by atomic mass is 35.5. The van der Waals surface area contributed by atoms with E-state index >= 15 is 0 Å². The smallest absolute Gasteiger partial charge is 0.261 e. The molecule has 2 rings (SSSR count). The number of carbonyl (C=O) groups excluding carboxylic acids is 1. The summed E-state index contributed by atoms with van der Waals surface area (Å²) >= 11 is 7.64. The monoisotopic (exact) mass is 243 g/mol. The molecule has 1 amide bonds. The number of thiophene rings is 1. The fraction of sp³-hybridized carbons (Fsp3) is 0.545. The van der Waals surface area contributed by atoms with Crippen LogP contribution in [0.1, 0.15) is 35.4 Å². The van der Waals surface area contributed by atoms with E-state index in [4.69, 9.17) is 11.6 Å². The average molecular weight is 244 g/mol. The number of alkyl halides is 1. The van der Waals surface area contributed by atoms with Crippen molar-refractivity contribution >= 4 is 28.8 Å². The molecular weight excluding hydrogens is 230 g/mol. The van der Waals surface area contributed by atoms with Gasteiger partial charge in [0.15, 0.2) is 0 Å². The number of hydrogen-bond donors (Lipinski definition) is 1. The van der Waals surface area contributed by atoms with Gasteiger partial charge in [-0.15, -0.1) is 22.9 Å². The molecule has 4 heteroatoms. The number of amides is 1. The van der Waals surface area contributed by atoms with Crippen LogP contribution in [-0.4, -0.2) is 17.3 Å². The van der Waals surface area contributed by atoms with Crippen LogP contribution in [0.25, 0.3) is 0 Å². The van der Waals surface area contributed by atoms with Crippen LogP contribution in [0, 0.1) is 0 Å². The molecule has 1 aromatic heterocycles. The van der Waals surface area contributed by atoms with Crippen LogP contribution < -0.4 is 5.32 Å². The van der Waals surface area contributed by atoms with Crippen molar-refractivity contribution in [1.82, 2.24) is 5.32 Å². The number of carbonyl (C=O) groups is 1. The second-order valence-electron chi connectivity index (χ2n) is 3.86. The van der Waals surface area contributed by atoms with Crippen LogP contribution in [0.5, 0.6) is 0 Å². The standard InChI is InChI=1S/C11H14ClNOS/c12-8-4-1-2-5-9(8)13-11(14)10-6-3-7-15-10/h3,6-9H,1-2,4-5H2,(H,13,14). The molecule has 2 atom stereocenters. The van der Waals surface area contributed by atoms with Crippen molar-refractivity contribution in [2.75, 3.05) is 0 Å². The van der Waals surface area contributed by atoms with Crippen molar-refractivity contribution < 1.29 is 4.79 Å². The second kappa shape index (κ2) is 4.99. The number of rotatable bonds is 2. The molecule has 1 aliphatic carbocycles. The molecule has 2 nitrogen and oxygen atoms in total. The Labute approximate surface area is 98.6 Å². The largest absolute Gasteiger partial charge is 0.347 e. The summed E-state index contributed by atoms with van der Waals surface area (Å²) in [5.74, 6) is 0.0163. The molecule has 1 fully saturated rings. The quantitative estimate of drug-likeness (QED) is 0.795.